The normalized spacial score (nSPS) is 10.2. The Labute approximate surface area is 85.8 Å². The second-order valence-electron chi connectivity index (χ2n) is 2.45. The monoisotopic (exact) mass is 246 g/mol. The molecule has 0 N–H and O–H groups in total. The van der Waals surface area contributed by atoms with Crippen molar-refractivity contribution >= 4 is 28.0 Å². The molecule has 0 aromatic heterocycles. The molecule has 3 heteroatoms. The predicted octanol–water partition coefficient (Wildman–Crippen LogP) is 3.55. The van der Waals surface area contributed by atoms with Crippen LogP contribution in [0.4, 0.5) is 0 Å². The van der Waals surface area contributed by atoms with Crippen molar-refractivity contribution in [2.45, 2.75) is 13.5 Å². The quantitative estimate of drug-likeness (QED) is 0.755. The average Bonchev–Trinajstić information content (AvgIpc) is 2.08. The van der Waals surface area contributed by atoms with Gasteiger partial charge in [0.25, 0.3) is 0 Å². The molecule has 0 amide bonds. The Balaban J connectivity index is 2.78. The molecule has 0 bridgehead atoms. The maximum atomic E-state index is 5.25. The lowest BCUT2D eigenvalue weighted by Crippen LogP contribution is -1.90. The third-order valence-electron chi connectivity index (χ3n) is 1.71. The van der Waals surface area contributed by atoms with Crippen LogP contribution in [0.25, 0.3) is 0 Å². The molecule has 66 valence electrons. The van der Waals surface area contributed by atoms with Crippen LogP contribution in [0, 0.1) is 6.92 Å². The van der Waals surface area contributed by atoms with Gasteiger partial charge in [0.1, 0.15) is 0 Å². The summed E-state index contributed by atoms with van der Waals surface area (Å²) in [5.74, 6) is 0. The van der Waals surface area contributed by atoms with E-state index in [0.717, 1.165) is 4.47 Å². The van der Waals surface area contributed by atoms with Crippen LogP contribution in [0.5, 0.6) is 0 Å². The summed E-state index contributed by atoms with van der Waals surface area (Å²) in [6.45, 7) is 2.76. The van der Waals surface area contributed by atoms with Crippen LogP contribution in [0.15, 0.2) is 22.7 Å². The van der Waals surface area contributed by atoms with Gasteiger partial charge in [-0.05, 0) is 36.2 Å². The zero-order valence-corrected chi connectivity index (χ0v) is 9.54. The molecule has 0 aliphatic rings. The van der Waals surface area contributed by atoms with E-state index in [4.69, 9.17) is 4.18 Å². The van der Waals surface area contributed by atoms with Crippen LogP contribution in [-0.4, -0.2) is 6.26 Å². The molecule has 0 radical (unpaired) electrons. The van der Waals surface area contributed by atoms with Crippen LogP contribution in [0.1, 0.15) is 11.1 Å². The van der Waals surface area contributed by atoms with E-state index in [1.54, 1.807) is 0 Å². The third-order valence-corrected chi connectivity index (χ3v) is 2.92. The molecule has 0 unspecified atom stereocenters. The Bertz CT molecular complexity index is 263. The molecule has 0 spiro atoms. The first-order valence-electron chi connectivity index (χ1n) is 3.65. The van der Waals surface area contributed by atoms with Gasteiger partial charge in [0, 0.05) is 10.7 Å². The summed E-state index contributed by atoms with van der Waals surface area (Å²) in [6, 6.07) is 6.14. The molecule has 0 saturated heterocycles. The molecule has 0 fully saturated rings. The van der Waals surface area contributed by atoms with Crippen molar-refractivity contribution in [1.82, 2.24) is 0 Å². The van der Waals surface area contributed by atoms with Crippen LogP contribution >= 0.6 is 28.0 Å². The van der Waals surface area contributed by atoms with Crippen molar-refractivity contribution < 1.29 is 4.18 Å². The summed E-state index contributed by atoms with van der Waals surface area (Å²) in [6.07, 6.45) is 1.92. The predicted molar refractivity (Wildman–Crippen MR) is 57.2 cm³/mol. The summed E-state index contributed by atoms with van der Waals surface area (Å²) in [5.41, 5.74) is 2.49. The van der Waals surface area contributed by atoms with Crippen molar-refractivity contribution in [3.05, 3.63) is 33.8 Å². The Morgan fingerprint density at radius 2 is 2.25 bits per heavy atom. The molecule has 1 aromatic carbocycles. The van der Waals surface area contributed by atoms with Gasteiger partial charge in [-0.15, -0.1) is 0 Å². The molecule has 0 aliphatic heterocycles. The highest BCUT2D eigenvalue weighted by Gasteiger charge is 2.00. The minimum absolute atomic E-state index is 0.673. The van der Waals surface area contributed by atoms with E-state index in [0.29, 0.717) is 6.61 Å². The highest BCUT2D eigenvalue weighted by Crippen LogP contribution is 2.20. The Kier molecular flexibility index (Phi) is 4.12. The molecule has 1 nitrogen and oxygen atoms in total. The van der Waals surface area contributed by atoms with Crippen molar-refractivity contribution in [3.8, 4) is 0 Å². The molecule has 0 saturated carbocycles. The maximum absolute atomic E-state index is 5.25. The van der Waals surface area contributed by atoms with Crippen molar-refractivity contribution in [2.75, 3.05) is 6.26 Å². The van der Waals surface area contributed by atoms with Gasteiger partial charge in [-0.25, -0.2) is 0 Å². The van der Waals surface area contributed by atoms with E-state index in [2.05, 4.69) is 28.9 Å². The number of rotatable bonds is 3. The van der Waals surface area contributed by atoms with E-state index in [1.807, 2.05) is 18.4 Å². The largest absolute Gasteiger partial charge is 0.311 e. The maximum Gasteiger partial charge on any atom is 0.0867 e. The fraction of sp³-hybridized carbons (Fsp3) is 0.333. The van der Waals surface area contributed by atoms with Crippen molar-refractivity contribution in [3.63, 3.8) is 0 Å². The second kappa shape index (κ2) is 4.90. The molecule has 1 aromatic rings. The molecule has 0 heterocycles. The van der Waals surface area contributed by atoms with E-state index < -0.39 is 0 Å². The van der Waals surface area contributed by atoms with Gasteiger partial charge in [-0.1, -0.05) is 28.1 Å². The average molecular weight is 247 g/mol. The van der Waals surface area contributed by atoms with Crippen LogP contribution < -0.4 is 0 Å². The Morgan fingerprint density at radius 3 is 2.92 bits per heavy atom. The Morgan fingerprint density at radius 1 is 1.50 bits per heavy atom. The molecule has 0 aliphatic carbocycles. The van der Waals surface area contributed by atoms with Gasteiger partial charge in [0.05, 0.1) is 6.61 Å². The zero-order chi connectivity index (χ0) is 8.97. The van der Waals surface area contributed by atoms with E-state index in [-0.39, 0.29) is 0 Å². The fourth-order valence-corrected chi connectivity index (χ4v) is 1.58. The standard InChI is InChI=1S/C9H11BrOS/c1-7-8(6-11-12-2)4-3-5-9(7)10/h3-5H,6H2,1-2H3. The number of benzene rings is 1. The summed E-state index contributed by atoms with van der Waals surface area (Å²) in [7, 11) is 0. The molecular weight excluding hydrogens is 236 g/mol. The summed E-state index contributed by atoms with van der Waals surface area (Å²) in [5, 5.41) is 0. The van der Waals surface area contributed by atoms with Gasteiger partial charge in [0.2, 0.25) is 0 Å². The first kappa shape index (κ1) is 10.1. The number of hydrogen-bond acceptors (Lipinski definition) is 2. The molecule has 0 atom stereocenters. The molecule has 1 rings (SSSR count). The smallest absolute Gasteiger partial charge is 0.0867 e. The van der Waals surface area contributed by atoms with Crippen LogP contribution in [0.2, 0.25) is 0 Å². The Hall–Kier alpha value is 0.01000. The number of halogens is 1. The highest BCUT2D eigenvalue weighted by molar-refractivity contribution is 9.10. The van der Waals surface area contributed by atoms with Crippen molar-refractivity contribution in [1.29, 1.82) is 0 Å². The highest BCUT2D eigenvalue weighted by atomic mass is 79.9. The SMILES string of the molecule is CSOCc1cccc(Br)c1C. The topological polar surface area (TPSA) is 9.23 Å². The van der Waals surface area contributed by atoms with Gasteiger partial charge in [-0.2, -0.15) is 0 Å². The first-order valence-corrected chi connectivity index (χ1v) is 5.59. The van der Waals surface area contributed by atoms with Crippen LogP contribution in [0.3, 0.4) is 0 Å². The fourth-order valence-electron chi connectivity index (χ4n) is 0.931. The van der Waals surface area contributed by atoms with E-state index >= 15 is 0 Å². The lowest BCUT2D eigenvalue weighted by atomic mass is 10.1. The molecule has 12 heavy (non-hydrogen) atoms. The summed E-state index contributed by atoms with van der Waals surface area (Å²) >= 11 is 4.87. The van der Waals surface area contributed by atoms with Crippen molar-refractivity contribution in [2.24, 2.45) is 0 Å². The molecular formula is C9H11BrOS. The minimum atomic E-state index is 0.673. The summed E-state index contributed by atoms with van der Waals surface area (Å²) < 4.78 is 6.39. The zero-order valence-electron chi connectivity index (χ0n) is 7.13. The van der Waals surface area contributed by atoms with E-state index in [9.17, 15) is 0 Å². The minimum Gasteiger partial charge on any atom is -0.311 e. The van der Waals surface area contributed by atoms with Gasteiger partial charge < -0.3 is 4.18 Å². The number of hydrogen-bond donors (Lipinski definition) is 0. The first-order chi connectivity index (χ1) is 5.75. The second-order valence-corrected chi connectivity index (χ2v) is 3.88. The summed E-state index contributed by atoms with van der Waals surface area (Å²) in [4.78, 5) is 0. The third kappa shape index (κ3) is 2.51. The van der Waals surface area contributed by atoms with Gasteiger partial charge in [0.15, 0.2) is 0 Å². The lowest BCUT2D eigenvalue weighted by Gasteiger charge is -2.05. The van der Waals surface area contributed by atoms with Gasteiger partial charge >= 0.3 is 0 Å². The van der Waals surface area contributed by atoms with E-state index in [1.165, 1.54) is 23.2 Å². The lowest BCUT2D eigenvalue weighted by molar-refractivity contribution is 0.365. The van der Waals surface area contributed by atoms with Crippen LogP contribution in [-0.2, 0) is 10.8 Å². The van der Waals surface area contributed by atoms with Gasteiger partial charge in [-0.3, -0.25) is 0 Å².